The number of nitrogens with one attached hydrogen (secondary N) is 1. The zero-order valence-electron chi connectivity index (χ0n) is 9.64. The lowest BCUT2D eigenvalue weighted by atomic mass is 10.4. The third-order valence-electron chi connectivity index (χ3n) is 2.81. The highest BCUT2D eigenvalue weighted by Crippen LogP contribution is 1.94. The SMILES string of the molecule is c1cn(CCNCCN2CCOCC2)cn1. The van der Waals surface area contributed by atoms with E-state index < -0.39 is 0 Å². The molecule has 0 aromatic carbocycles. The highest BCUT2D eigenvalue weighted by atomic mass is 16.5. The Bertz CT molecular complexity index is 270. The van der Waals surface area contributed by atoms with Crippen molar-refractivity contribution in [1.82, 2.24) is 19.8 Å². The fourth-order valence-corrected chi connectivity index (χ4v) is 1.81. The van der Waals surface area contributed by atoms with Crippen LogP contribution in [0, 0.1) is 0 Å². The van der Waals surface area contributed by atoms with Crippen LogP contribution >= 0.6 is 0 Å². The first-order valence-electron chi connectivity index (χ1n) is 5.92. The van der Waals surface area contributed by atoms with Gasteiger partial charge in [-0.15, -0.1) is 0 Å². The van der Waals surface area contributed by atoms with Crippen molar-refractivity contribution >= 4 is 0 Å². The number of ether oxygens (including phenoxy) is 1. The van der Waals surface area contributed by atoms with E-state index in [-0.39, 0.29) is 0 Å². The Kier molecular flexibility index (Phi) is 4.79. The van der Waals surface area contributed by atoms with Crippen molar-refractivity contribution in [2.45, 2.75) is 6.54 Å². The van der Waals surface area contributed by atoms with E-state index in [0.717, 1.165) is 52.5 Å². The van der Waals surface area contributed by atoms with Crippen LogP contribution in [0.3, 0.4) is 0 Å². The fourth-order valence-electron chi connectivity index (χ4n) is 1.81. The minimum atomic E-state index is 0.884. The molecule has 0 bridgehead atoms. The van der Waals surface area contributed by atoms with Gasteiger partial charge in [-0.3, -0.25) is 4.90 Å². The largest absolute Gasteiger partial charge is 0.379 e. The van der Waals surface area contributed by atoms with Crippen molar-refractivity contribution in [3.8, 4) is 0 Å². The molecule has 1 aromatic heterocycles. The van der Waals surface area contributed by atoms with Gasteiger partial charge in [0.2, 0.25) is 0 Å². The molecule has 0 atom stereocenters. The van der Waals surface area contributed by atoms with Gasteiger partial charge in [-0.25, -0.2) is 4.98 Å². The lowest BCUT2D eigenvalue weighted by Crippen LogP contribution is -2.40. The number of rotatable bonds is 6. The molecular formula is C11H20N4O. The zero-order chi connectivity index (χ0) is 11.1. The van der Waals surface area contributed by atoms with E-state index in [9.17, 15) is 0 Å². The van der Waals surface area contributed by atoms with Crippen LogP contribution in [-0.2, 0) is 11.3 Å². The monoisotopic (exact) mass is 224 g/mol. The van der Waals surface area contributed by atoms with Gasteiger partial charge in [0.15, 0.2) is 0 Å². The van der Waals surface area contributed by atoms with Crippen LogP contribution in [0.1, 0.15) is 0 Å². The number of nitrogens with zero attached hydrogens (tertiary/aromatic N) is 3. The molecule has 2 heterocycles. The summed E-state index contributed by atoms with van der Waals surface area (Å²) in [7, 11) is 0. The molecule has 0 spiro atoms. The summed E-state index contributed by atoms with van der Waals surface area (Å²) >= 11 is 0. The molecule has 0 amide bonds. The van der Waals surface area contributed by atoms with E-state index >= 15 is 0 Å². The summed E-state index contributed by atoms with van der Waals surface area (Å²) < 4.78 is 7.39. The van der Waals surface area contributed by atoms with E-state index in [4.69, 9.17) is 4.74 Å². The Morgan fingerprint density at radius 3 is 2.75 bits per heavy atom. The van der Waals surface area contributed by atoms with Crippen LogP contribution in [0.2, 0.25) is 0 Å². The number of aromatic nitrogens is 2. The first-order valence-corrected chi connectivity index (χ1v) is 5.92. The Morgan fingerprint density at radius 1 is 1.19 bits per heavy atom. The van der Waals surface area contributed by atoms with Crippen molar-refractivity contribution < 1.29 is 4.74 Å². The van der Waals surface area contributed by atoms with Crippen molar-refractivity contribution in [2.75, 3.05) is 45.9 Å². The maximum absolute atomic E-state index is 5.30. The average Bonchev–Trinajstić information content (AvgIpc) is 2.83. The molecule has 1 fully saturated rings. The zero-order valence-corrected chi connectivity index (χ0v) is 9.64. The molecular weight excluding hydrogens is 204 g/mol. The second-order valence-electron chi connectivity index (χ2n) is 4.00. The highest BCUT2D eigenvalue weighted by Gasteiger charge is 2.08. The van der Waals surface area contributed by atoms with Crippen LogP contribution in [0.15, 0.2) is 18.7 Å². The van der Waals surface area contributed by atoms with Crippen LogP contribution in [0.25, 0.3) is 0 Å². The van der Waals surface area contributed by atoms with Crippen molar-refractivity contribution in [1.29, 1.82) is 0 Å². The second kappa shape index (κ2) is 6.62. The van der Waals surface area contributed by atoms with E-state index in [1.807, 2.05) is 18.7 Å². The van der Waals surface area contributed by atoms with E-state index in [2.05, 4.69) is 19.8 Å². The first kappa shape index (κ1) is 11.6. The van der Waals surface area contributed by atoms with Gasteiger partial charge >= 0.3 is 0 Å². The second-order valence-corrected chi connectivity index (χ2v) is 4.00. The number of hydrogen-bond acceptors (Lipinski definition) is 4. The van der Waals surface area contributed by atoms with Crippen molar-refractivity contribution in [3.63, 3.8) is 0 Å². The summed E-state index contributed by atoms with van der Waals surface area (Å²) in [5.74, 6) is 0. The third kappa shape index (κ3) is 3.92. The number of hydrogen-bond donors (Lipinski definition) is 1. The molecule has 5 nitrogen and oxygen atoms in total. The Labute approximate surface area is 96.4 Å². The quantitative estimate of drug-likeness (QED) is 0.680. The van der Waals surface area contributed by atoms with Crippen LogP contribution in [0.4, 0.5) is 0 Å². The predicted molar refractivity (Wildman–Crippen MR) is 62.4 cm³/mol. The molecule has 1 aliphatic heterocycles. The van der Waals surface area contributed by atoms with Crippen molar-refractivity contribution in [3.05, 3.63) is 18.7 Å². The van der Waals surface area contributed by atoms with Crippen LogP contribution in [0.5, 0.6) is 0 Å². The van der Waals surface area contributed by atoms with Gasteiger partial charge in [-0.05, 0) is 0 Å². The van der Waals surface area contributed by atoms with Gasteiger partial charge in [0.25, 0.3) is 0 Å². The highest BCUT2D eigenvalue weighted by molar-refractivity contribution is 4.74. The maximum Gasteiger partial charge on any atom is 0.0946 e. The van der Waals surface area contributed by atoms with Crippen LogP contribution in [-0.4, -0.2) is 60.4 Å². The Hall–Kier alpha value is -0.910. The summed E-state index contributed by atoms with van der Waals surface area (Å²) in [6, 6.07) is 0. The van der Waals surface area contributed by atoms with Gasteiger partial charge < -0.3 is 14.6 Å². The first-order chi connectivity index (χ1) is 7.95. The predicted octanol–water partition coefficient (Wildman–Crippen LogP) is -0.195. The van der Waals surface area contributed by atoms with E-state index in [1.165, 1.54) is 0 Å². The molecule has 1 saturated heterocycles. The molecule has 0 saturated carbocycles. The molecule has 1 N–H and O–H groups in total. The number of morpholine rings is 1. The van der Waals surface area contributed by atoms with Gasteiger partial charge in [-0.1, -0.05) is 0 Å². The summed E-state index contributed by atoms with van der Waals surface area (Å²) in [5, 5.41) is 3.44. The third-order valence-corrected chi connectivity index (χ3v) is 2.81. The fraction of sp³-hybridized carbons (Fsp3) is 0.727. The van der Waals surface area contributed by atoms with Crippen LogP contribution < -0.4 is 5.32 Å². The molecule has 1 aliphatic rings. The van der Waals surface area contributed by atoms with Gasteiger partial charge in [0, 0.05) is 51.7 Å². The molecule has 0 radical (unpaired) electrons. The lowest BCUT2D eigenvalue weighted by molar-refractivity contribution is 0.0384. The van der Waals surface area contributed by atoms with Gasteiger partial charge in [-0.2, -0.15) is 0 Å². The normalized spacial score (nSPS) is 17.8. The molecule has 2 rings (SSSR count). The Morgan fingerprint density at radius 2 is 2.00 bits per heavy atom. The van der Waals surface area contributed by atoms with Crippen molar-refractivity contribution in [2.24, 2.45) is 0 Å². The maximum atomic E-state index is 5.30. The molecule has 5 heteroatoms. The standard InChI is InChI=1S/C11H20N4O/c1(4-14-7-9-16-10-8-14)12-2-5-15-6-3-13-11-15/h3,6,11-12H,1-2,4-5,7-10H2. The minimum absolute atomic E-state index is 0.884. The van der Waals surface area contributed by atoms with Gasteiger partial charge in [0.05, 0.1) is 19.5 Å². The molecule has 16 heavy (non-hydrogen) atoms. The van der Waals surface area contributed by atoms with Gasteiger partial charge in [0.1, 0.15) is 0 Å². The lowest BCUT2D eigenvalue weighted by Gasteiger charge is -2.26. The minimum Gasteiger partial charge on any atom is -0.379 e. The van der Waals surface area contributed by atoms with E-state index in [0.29, 0.717) is 0 Å². The summed E-state index contributed by atoms with van der Waals surface area (Å²) in [5.41, 5.74) is 0. The molecule has 1 aromatic rings. The number of imidazole rings is 1. The molecule has 0 unspecified atom stereocenters. The summed E-state index contributed by atoms with van der Waals surface area (Å²) in [6.07, 6.45) is 5.65. The summed E-state index contributed by atoms with van der Waals surface area (Å²) in [4.78, 5) is 6.45. The molecule has 90 valence electrons. The average molecular weight is 224 g/mol. The smallest absolute Gasteiger partial charge is 0.0946 e. The summed E-state index contributed by atoms with van der Waals surface area (Å²) in [6.45, 7) is 8.07. The molecule has 0 aliphatic carbocycles. The Balaban J connectivity index is 1.48. The topological polar surface area (TPSA) is 42.3 Å². The van der Waals surface area contributed by atoms with E-state index in [1.54, 1.807) is 0 Å².